The van der Waals surface area contributed by atoms with E-state index in [2.05, 4.69) is 109 Å². The lowest BCUT2D eigenvalue weighted by molar-refractivity contribution is 0.0820. The fourth-order valence-electron chi connectivity index (χ4n) is 7.87. The molecule has 2 aliphatic rings. The summed E-state index contributed by atoms with van der Waals surface area (Å²) in [4.78, 5) is 38.9. The average Bonchev–Trinajstić information content (AvgIpc) is 3.74. The Labute approximate surface area is 310 Å². The van der Waals surface area contributed by atoms with E-state index in [0.29, 0.717) is 35.2 Å². The molecule has 51 heavy (non-hydrogen) atoms. The third kappa shape index (κ3) is 7.43. The van der Waals surface area contributed by atoms with Crippen molar-refractivity contribution in [2.24, 2.45) is 5.92 Å². The van der Waals surface area contributed by atoms with E-state index in [1.807, 2.05) is 18.2 Å². The highest BCUT2D eigenvalue weighted by Gasteiger charge is 2.50. The van der Waals surface area contributed by atoms with Crippen LogP contribution < -0.4 is 21.0 Å². The van der Waals surface area contributed by atoms with Crippen molar-refractivity contribution in [2.45, 2.75) is 70.1 Å². The zero-order chi connectivity index (χ0) is 35.8. The number of thiazole rings is 1. The maximum absolute atomic E-state index is 13.9. The number of carbonyl (C=O) groups is 2. The summed E-state index contributed by atoms with van der Waals surface area (Å²) in [5.41, 5.74) is 2.33. The average molecular weight is 740 g/mol. The van der Waals surface area contributed by atoms with Crippen molar-refractivity contribution in [1.29, 1.82) is 0 Å². The zero-order valence-electron chi connectivity index (χ0n) is 29.7. The van der Waals surface area contributed by atoms with Gasteiger partial charge in [-0.2, -0.15) is 0 Å². The zero-order valence-corrected chi connectivity index (χ0v) is 32.2. The first-order valence-electron chi connectivity index (χ1n) is 17.8. The van der Waals surface area contributed by atoms with Crippen LogP contribution in [0.2, 0.25) is 10.1 Å². The van der Waals surface area contributed by atoms with Crippen LogP contribution in [0, 0.1) is 5.92 Å². The second-order valence-corrected chi connectivity index (χ2v) is 20.9. The Morgan fingerprint density at radius 1 is 0.961 bits per heavy atom. The van der Waals surface area contributed by atoms with Crippen molar-refractivity contribution in [3.8, 4) is 0 Å². The molecule has 0 saturated heterocycles. The highest BCUT2D eigenvalue weighted by atomic mass is 35.5. The van der Waals surface area contributed by atoms with E-state index in [1.54, 1.807) is 6.07 Å². The monoisotopic (exact) mass is 739 g/mol. The lowest BCUT2D eigenvalue weighted by Crippen LogP contribution is -2.67. The fraction of sp³-hybridized carbons (Fsp3) is 0.375. The SMILES string of the molecule is CN1CCc2nc(C(=O)N[C@H]3CC(CO[Si](c4ccccc4)(c4ccccc4)C(C)(C)C)CC[C@H]3NC(=O)c3cc4cc(Cl)ccc4[nH]3)sc2C1. The number of nitrogens with zero attached hydrogens (tertiary/aromatic N) is 2. The highest BCUT2D eigenvalue weighted by molar-refractivity contribution is 7.13. The summed E-state index contributed by atoms with van der Waals surface area (Å²) in [6, 6.07) is 28.2. The quantitative estimate of drug-likeness (QED) is 0.149. The number of aromatic nitrogens is 2. The second-order valence-electron chi connectivity index (χ2n) is 15.1. The number of amides is 2. The van der Waals surface area contributed by atoms with Crippen LogP contribution in [0.15, 0.2) is 84.9 Å². The van der Waals surface area contributed by atoms with E-state index in [1.165, 1.54) is 21.7 Å². The maximum atomic E-state index is 13.9. The molecule has 0 spiro atoms. The number of hydrogen-bond donors (Lipinski definition) is 3. The van der Waals surface area contributed by atoms with Crippen LogP contribution in [0.25, 0.3) is 10.9 Å². The van der Waals surface area contributed by atoms with Gasteiger partial charge in [0.05, 0.1) is 5.69 Å². The number of halogens is 1. The molecule has 2 amide bonds. The normalized spacial score (nSPS) is 19.8. The van der Waals surface area contributed by atoms with Gasteiger partial charge in [0.1, 0.15) is 5.69 Å². The fourth-order valence-corrected chi connectivity index (χ4v) is 13.8. The molecule has 2 aromatic heterocycles. The molecule has 1 saturated carbocycles. The molecule has 1 unspecified atom stereocenters. The third-order valence-electron chi connectivity index (χ3n) is 10.5. The van der Waals surface area contributed by atoms with Crippen molar-refractivity contribution in [2.75, 3.05) is 20.2 Å². The first-order valence-corrected chi connectivity index (χ1v) is 20.9. The lowest BCUT2D eigenvalue weighted by Gasteiger charge is -2.45. The largest absolute Gasteiger partial charge is 0.407 e. The molecule has 5 aromatic rings. The Kier molecular flexibility index (Phi) is 10.2. The number of nitrogens with one attached hydrogen (secondary N) is 3. The van der Waals surface area contributed by atoms with Gasteiger partial charge in [0.2, 0.25) is 0 Å². The first kappa shape index (κ1) is 35.6. The van der Waals surface area contributed by atoms with E-state index >= 15 is 0 Å². The van der Waals surface area contributed by atoms with Gasteiger partial charge in [0.25, 0.3) is 20.1 Å². The Hall–Kier alpha value is -3.80. The molecule has 0 radical (unpaired) electrons. The van der Waals surface area contributed by atoms with E-state index in [4.69, 9.17) is 21.0 Å². The van der Waals surface area contributed by atoms with Crippen LogP contribution in [0.1, 0.15) is 70.9 Å². The number of rotatable bonds is 9. The van der Waals surface area contributed by atoms with Gasteiger partial charge in [-0.15, -0.1) is 11.3 Å². The minimum absolute atomic E-state index is 0.143. The number of aromatic amines is 1. The second kappa shape index (κ2) is 14.7. The predicted molar refractivity (Wildman–Crippen MR) is 209 cm³/mol. The van der Waals surface area contributed by atoms with Crippen molar-refractivity contribution < 1.29 is 14.0 Å². The van der Waals surface area contributed by atoms with Gasteiger partial charge < -0.3 is 24.9 Å². The molecule has 3 atom stereocenters. The van der Waals surface area contributed by atoms with Crippen molar-refractivity contribution in [1.82, 2.24) is 25.5 Å². The van der Waals surface area contributed by atoms with Gasteiger partial charge in [-0.3, -0.25) is 9.59 Å². The molecule has 1 aliphatic carbocycles. The standard InChI is InChI=1S/C40H46ClN5O3SSi/c1-40(2,3)51(29-11-7-5-8-12-29,30-13-9-6-10-14-30)49-25-26-15-17-32(43-37(47)35-23-27-22-28(41)16-18-31(27)42-35)34(21-26)44-38(48)39-45-33-19-20-46(4)24-36(33)50-39/h5-14,16,18,22-23,26,32,34,42H,15,17,19-21,24-25H2,1-4H3,(H,43,47)(H,44,48)/t26?,32-,34+/m1/s1. The van der Waals surface area contributed by atoms with Crippen molar-refractivity contribution in [3.63, 3.8) is 0 Å². The Morgan fingerprint density at radius 3 is 2.33 bits per heavy atom. The molecule has 3 heterocycles. The van der Waals surface area contributed by atoms with Gasteiger partial charge in [-0.05, 0) is 71.9 Å². The number of benzene rings is 3. The van der Waals surface area contributed by atoms with Crippen molar-refractivity contribution in [3.05, 3.63) is 111 Å². The van der Waals surface area contributed by atoms with E-state index < -0.39 is 8.32 Å². The van der Waals surface area contributed by atoms with Crippen LogP contribution >= 0.6 is 22.9 Å². The lowest BCUT2D eigenvalue weighted by atomic mass is 9.82. The maximum Gasteiger partial charge on any atom is 0.280 e. The minimum atomic E-state index is -2.74. The van der Waals surface area contributed by atoms with E-state index in [-0.39, 0.29) is 34.9 Å². The first-order chi connectivity index (χ1) is 24.5. The molecule has 0 bridgehead atoms. The summed E-state index contributed by atoms with van der Waals surface area (Å²) in [5.74, 6) is -0.213. The molecule has 1 fully saturated rings. The summed E-state index contributed by atoms with van der Waals surface area (Å²) >= 11 is 7.69. The summed E-state index contributed by atoms with van der Waals surface area (Å²) in [6.45, 7) is 9.16. The molecule has 3 aromatic carbocycles. The smallest absolute Gasteiger partial charge is 0.280 e. The summed E-state index contributed by atoms with van der Waals surface area (Å²) in [5, 5.41) is 10.9. The molecular weight excluding hydrogens is 694 g/mol. The van der Waals surface area contributed by atoms with Gasteiger partial charge >= 0.3 is 0 Å². The van der Waals surface area contributed by atoms with Crippen LogP contribution in [-0.2, 0) is 17.4 Å². The number of hydrogen-bond acceptors (Lipinski definition) is 6. The number of carbonyl (C=O) groups excluding carboxylic acids is 2. The Bertz CT molecular complexity index is 1970. The number of likely N-dealkylation sites (N-methyl/N-ethyl adjacent to an activating group) is 1. The van der Waals surface area contributed by atoms with Crippen LogP contribution in [0.4, 0.5) is 0 Å². The Balaban J connectivity index is 1.14. The third-order valence-corrected chi connectivity index (χ3v) is 16.8. The van der Waals surface area contributed by atoms with Crippen LogP contribution in [0.5, 0.6) is 0 Å². The summed E-state index contributed by atoms with van der Waals surface area (Å²) < 4.78 is 7.35. The minimum Gasteiger partial charge on any atom is -0.407 e. The van der Waals surface area contributed by atoms with Gasteiger partial charge in [-0.25, -0.2) is 4.98 Å². The molecule has 1 aliphatic heterocycles. The van der Waals surface area contributed by atoms with Crippen LogP contribution in [-0.4, -0.2) is 67.3 Å². The number of fused-ring (bicyclic) bond motifs is 2. The molecule has 11 heteroatoms. The predicted octanol–water partition coefficient (Wildman–Crippen LogP) is 6.54. The molecule has 3 N–H and O–H groups in total. The van der Waals surface area contributed by atoms with Crippen molar-refractivity contribution >= 4 is 64.3 Å². The van der Waals surface area contributed by atoms with Gasteiger partial charge in [0.15, 0.2) is 5.01 Å². The van der Waals surface area contributed by atoms with Gasteiger partial charge in [-0.1, -0.05) is 93.0 Å². The van der Waals surface area contributed by atoms with Crippen LogP contribution in [0.3, 0.4) is 0 Å². The van der Waals surface area contributed by atoms with Gasteiger partial charge in [0, 0.05) is 59.0 Å². The molecule has 7 rings (SSSR count). The summed E-state index contributed by atoms with van der Waals surface area (Å²) in [6.07, 6.45) is 3.08. The molecular formula is C40H46ClN5O3SSi. The highest BCUT2D eigenvalue weighted by Crippen LogP contribution is 2.38. The Morgan fingerprint density at radius 2 is 1.65 bits per heavy atom. The van der Waals surface area contributed by atoms with E-state index in [0.717, 1.165) is 47.4 Å². The topological polar surface area (TPSA) is 99.3 Å². The number of H-pyrrole nitrogens is 1. The summed E-state index contributed by atoms with van der Waals surface area (Å²) in [7, 11) is -0.651. The molecule has 266 valence electrons. The van der Waals surface area contributed by atoms with E-state index in [9.17, 15) is 9.59 Å². The molecule has 8 nitrogen and oxygen atoms in total.